The second kappa shape index (κ2) is 7.47. The molecule has 1 aliphatic rings. The molecule has 1 saturated heterocycles. The van der Waals surface area contributed by atoms with Gasteiger partial charge in [-0.1, -0.05) is 0 Å². The minimum Gasteiger partial charge on any atom is -0.497 e. The van der Waals surface area contributed by atoms with E-state index in [1.165, 1.54) is 0 Å². The molecule has 0 bridgehead atoms. The van der Waals surface area contributed by atoms with E-state index in [0.717, 1.165) is 31.7 Å². The zero-order valence-electron chi connectivity index (χ0n) is 13.4. The van der Waals surface area contributed by atoms with Crippen LogP contribution in [0.2, 0.25) is 0 Å². The number of aliphatic carboxylic acids is 1. The molecule has 0 saturated carbocycles. The van der Waals surface area contributed by atoms with Crippen molar-refractivity contribution in [3.63, 3.8) is 0 Å². The van der Waals surface area contributed by atoms with E-state index in [-0.39, 0.29) is 0 Å². The smallest absolute Gasteiger partial charge is 0.321 e. The monoisotopic (exact) mass is 308 g/mol. The first-order chi connectivity index (χ1) is 10.5. The molecule has 6 heteroatoms. The van der Waals surface area contributed by atoms with Crippen molar-refractivity contribution < 1.29 is 19.4 Å². The van der Waals surface area contributed by atoms with Gasteiger partial charge in [0.15, 0.2) is 0 Å². The standard InChI is InChI=1S/C16H24N2O4/c1-17-6-8-18(9-7-17)14(16(19)20)11-12-10-13(21-2)4-5-15(12)22-3/h4-5,10,14H,6-9,11H2,1-3H3,(H,19,20). The van der Waals surface area contributed by atoms with Gasteiger partial charge in [-0.25, -0.2) is 0 Å². The van der Waals surface area contributed by atoms with Crippen LogP contribution in [0.5, 0.6) is 11.5 Å². The lowest BCUT2D eigenvalue weighted by Gasteiger charge is -2.36. The van der Waals surface area contributed by atoms with Crippen molar-refractivity contribution in [2.45, 2.75) is 12.5 Å². The van der Waals surface area contributed by atoms with Gasteiger partial charge in [0, 0.05) is 32.6 Å². The van der Waals surface area contributed by atoms with Crippen molar-refractivity contribution in [3.05, 3.63) is 23.8 Å². The molecule has 1 aromatic rings. The van der Waals surface area contributed by atoms with Crippen LogP contribution in [-0.2, 0) is 11.2 Å². The molecule has 0 radical (unpaired) electrons. The molecule has 1 N–H and O–H groups in total. The van der Waals surface area contributed by atoms with Crippen LogP contribution >= 0.6 is 0 Å². The summed E-state index contributed by atoms with van der Waals surface area (Å²) in [5.41, 5.74) is 0.855. The van der Waals surface area contributed by atoms with E-state index >= 15 is 0 Å². The zero-order chi connectivity index (χ0) is 16.1. The Balaban J connectivity index is 2.19. The Bertz CT molecular complexity index is 513. The van der Waals surface area contributed by atoms with Gasteiger partial charge in [0.05, 0.1) is 14.2 Å². The molecule has 1 heterocycles. The Morgan fingerprint density at radius 1 is 1.23 bits per heavy atom. The summed E-state index contributed by atoms with van der Waals surface area (Å²) in [6.45, 7) is 3.30. The third-order valence-electron chi connectivity index (χ3n) is 4.16. The molecule has 122 valence electrons. The number of methoxy groups -OCH3 is 2. The molecule has 22 heavy (non-hydrogen) atoms. The summed E-state index contributed by atoms with van der Waals surface area (Å²) >= 11 is 0. The fourth-order valence-corrected chi connectivity index (χ4v) is 2.76. The van der Waals surface area contributed by atoms with Crippen LogP contribution < -0.4 is 9.47 Å². The fraction of sp³-hybridized carbons (Fsp3) is 0.562. The first kappa shape index (κ1) is 16.6. The molecule has 6 nitrogen and oxygen atoms in total. The summed E-state index contributed by atoms with van der Waals surface area (Å²) in [5, 5.41) is 9.62. The van der Waals surface area contributed by atoms with Crippen molar-refractivity contribution >= 4 is 5.97 Å². The maximum Gasteiger partial charge on any atom is 0.321 e. The Labute approximate surface area is 131 Å². The molecule has 1 aromatic carbocycles. The second-order valence-electron chi connectivity index (χ2n) is 5.58. The van der Waals surface area contributed by atoms with Crippen LogP contribution in [0.3, 0.4) is 0 Å². The molecule has 1 atom stereocenters. The van der Waals surface area contributed by atoms with Gasteiger partial charge in [-0.05, 0) is 30.8 Å². The summed E-state index contributed by atoms with van der Waals surface area (Å²) in [5.74, 6) is 0.605. The van der Waals surface area contributed by atoms with Gasteiger partial charge in [-0.3, -0.25) is 9.69 Å². The lowest BCUT2D eigenvalue weighted by molar-refractivity contribution is -0.144. The van der Waals surface area contributed by atoms with Gasteiger partial charge < -0.3 is 19.5 Å². The first-order valence-electron chi connectivity index (χ1n) is 7.41. The fourth-order valence-electron chi connectivity index (χ4n) is 2.76. The molecule has 0 spiro atoms. The predicted octanol–water partition coefficient (Wildman–Crippen LogP) is 0.947. The lowest BCUT2D eigenvalue weighted by atomic mass is 10.0. The second-order valence-corrected chi connectivity index (χ2v) is 5.58. The zero-order valence-corrected chi connectivity index (χ0v) is 13.4. The summed E-state index contributed by atoms with van der Waals surface area (Å²) in [6, 6.07) is 4.94. The lowest BCUT2D eigenvalue weighted by Crippen LogP contribution is -2.52. The Kier molecular flexibility index (Phi) is 5.63. The van der Waals surface area contributed by atoms with Crippen molar-refractivity contribution in [2.75, 3.05) is 47.4 Å². The largest absolute Gasteiger partial charge is 0.497 e. The summed E-state index contributed by atoms with van der Waals surface area (Å²) in [6.07, 6.45) is 0.402. The van der Waals surface area contributed by atoms with Crippen molar-refractivity contribution in [2.24, 2.45) is 0 Å². The molecule has 1 fully saturated rings. The maximum atomic E-state index is 11.7. The number of benzene rings is 1. The minimum absolute atomic E-state index is 0.402. The van der Waals surface area contributed by atoms with Crippen LogP contribution in [0.15, 0.2) is 18.2 Å². The number of carbonyl (C=O) groups is 1. The van der Waals surface area contributed by atoms with Crippen molar-refractivity contribution in [3.8, 4) is 11.5 Å². The highest BCUT2D eigenvalue weighted by Gasteiger charge is 2.29. The Morgan fingerprint density at radius 3 is 2.45 bits per heavy atom. The van der Waals surface area contributed by atoms with E-state index in [9.17, 15) is 9.90 Å². The van der Waals surface area contributed by atoms with Gasteiger partial charge in [-0.2, -0.15) is 0 Å². The average Bonchev–Trinajstić information content (AvgIpc) is 2.53. The number of carboxylic acids is 1. The number of carboxylic acid groups (broad SMARTS) is 1. The third-order valence-corrected chi connectivity index (χ3v) is 4.16. The highest BCUT2D eigenvalue weighted by atomic mass is 16.5. The third kappa shape index (κ3) is 3.90. The SMILES string of the molecule is COc1ccc(OC)c(CC(C(=O)O)N2CCN(C)CC2)c1. The summed E-state index contributed by atoms with van der Waals surface area (Å²) in [7, 11) is 5.25. The highest BCUT2D eigenvalue weighted by Crippen LogP contribution is 2.26. The van der Waals surface area contributed by atoms with Crippen LogP contribution in [0.25, 0.3) is 0 Å². The molecule has 2 rings (SSSR count). The number of hydrogen-bond acceptors (Lipinski definition) is 5. The van der Waals surface area contributed by atoms with Crippen molar-refractivity contribution in [1.29, 1.82) is 0 Å². The van der Waals surface area contributed by atoms with E-state index < -0.39 is 12.0 Å². The van der Waals surface area contributed by atoms with Crippen molar-refractivity contribution in [1.82, 2.24) is 9.80 Å². The van der Waals surface area contributed by atoms with Gasteiger partial charge in [-0.15, -0.1) is 0 Å². The first-order valence-corrected chi connectivity index (χ1v) is 7.41. The number of ether oxygens (including phenoxy) is 2. The number of likely N-dealkylation sites (N-methyl/N-ethyl adjacent to an activating group) is 1. The van der Waals surface area contributed by atoms with E-state index in [1.54, 1.807) is 14.2 Å². The summed E-state index contributed by atoms with van der Waals surface area (Å²) < 4.78 is 10.6. The molecule has 0 aliphatic carbocycles. The number of rotatable bonds is 6. The maximum absolute atomic E-state index is 11.7. The number of hydrogen-bond donors (Lipinski definition) is 1. The van der Waals surface area contributed by atoms with Crippen LogP contribution in [0.4, 0.5) is 0 Å². The van der Waals surface area contributed by atoms with E-state index in [1.807, 2.05) is 23.1 Å². The molecule has 1 unspecified atom stereocenters. The van der Waals surface area contributed by atoms with Gasteiger partial charge in [0.25, 0.3) is 0 Å². The van der Waals surface area contributed by atoms with E-state index in [4.69, 9.17) is 9.47 Å². The molecular formula is C16H24N2O4. The van der Waals surface area contributed by atoms with Crippen LogP contribution in [-0.4, -0.2) is 74.4 Å². The van der Waals surface area contributed by atoms with Gasteiger partial charge in [0.2, 0.25) is 0 Å². The quantitative estimate of drug-likeness (QED) is 0.844. The predicted molar refractivity (Wildman–Crippen MR) is 83.7 cm³/mol. The minimum atomic E-state index is -0.797. The average molecular weight is 308 g/mol. The normalized spacial score (nSPS) is 18.0. The summed E-state index contributed by atoms with van der Waals surface area (Å²) in [4.78, 5) is 16.0. The van der Waals surface area contributed by atoms with Crippen LogP contribution in [0, 0.1) is 0 Å². The van der Waals surface area contributed by atoms with Gasteiger partial charge >= 0.3 is 5.97 Å². The number of piperazine rings is 1. The molecular weight excluding hydrogens is 284 g/mol. The molecule has 1 aliphatic heterocycles. The Hall–Kier alpha value is -1.79. The highest BCUT2D eigenvalue weighted by molar-refractivity contribution is 5.74. The molecule has 0 amide bonds. The number of nitrogens with zero attached hydrogens (tertiary/aromatic N) is 2. The van der Waals surface area contributed by atoms with E-state index in [2.05, 4.69) is 11.9 Å². The van der Waals surface area contributed by atoms with E-state index in [0.29, 0.717) is 17.9 Å². The molecule has 0 aromatic heterocycles. The Morgan fingerprint density at radius 2 is 1.91 bits per heavy atom. The van der Waals surface area contributed by atoms with Crippen LogP contribution in [0.1, 0.15) is 5.56 Å². The van der Waals surface area contributed by atoms with Gasteiger partial charge in [0.1, 0.15) is 17.5 Å². The topological polar surface area (TPSA) is 62.2 Å².